The molecule has 2 rings (SSSR count). The highest BCUT2D eigenvalue weighted by Gasteiger charge is 2.15. The Labute approximate surface area is 130 Å². The maximum Gasteiger partial charge on any atom is 0.167 e. The zero-order valence-corrected chi connectivity index (χ0v) is 12.4. The fourth-order valence-corrected chi connectivity index (χ4v) is 2.43. The molecule has 0 aromatic heterocycles. The summed E-state index contributed by atoms with van der Waals surface area (Å²) >= 11 is 17.6. The molecule has 0 atom stereocenters. The van der Waals surface area contributed by atoms with E-state index < -0.39 is 5.82 Å². The first-order valence-corrected chi connectivity index (χ1v) is 6.74. The van der Waals surface area contributed by atoms with Gasteiger partial charge >= 0.3 is 0 Å². The smallest absolute Gasteiger partial charge is 0.167 e. The number of carbonyl (C=O) groups is 1. The van der Waals surface area contributed by atoms with Gasteiger partial charge in [0.2, 0.25) is 0 Å². The molecule has 0 spiro atoms. The minimum absolute atomic E-state index is 0.142. The number of ketones is 1. The highest BCUT2D eigenvalue weighted by molar-refractivity contribution is 6.39. The van der Waals surface area contributed by atoms with Crippen LogP contribution in [-0.2, 0) is 6.42 Å². The number of hydrogen-bond acceptors (Lipinski definition) is 2. The van der Waals surface area contributed by atoms with Crippen LogP contribution < -0.4 is 5.73 Å². The van der Waals surface area contributed by atoms with Crippen molar-refractivity contribution in [3.8, 4) is 0 Å². The zero-order chi connectivity index (χ0) is 14.9. The summed E-state index contributed by atoms with van der Waals surface area (Å²) in [5, 5.41) is 0.562. The lowest BCUT2D eigenvalue weighted by Crippen LogP contribution is -2.06. The summed E-state index contributed by atoms with van der Waals surface area (Å²) in [7, 11) is 0. The van der Waals surface area contributed by atoms with Gasteiger partial charge in [-0.1, -0.05) is 40.9 Å². The van der Waals surface area contributed by atoms with Crippen molar-refractivity contribution in [1.82, 2.24) is 0 Å². The van der Waals surface area contributed by atoms with E-state index in [9.17, 15) is 9.18 Å². The molecule has 0 heterocycles. The van der Waals surface area contributed by atoms with Gasteiger partial charge in [0, 0.05) is 22.6 Å². The summed E-state index contributed by atoms with van der Waals surface area (Å²) in [6.45, 7) is 0. The third kappa shape index (κ3) is 3.06. The second-order valence-electron chi connectivity index (χ2n) is 4.15. The summed E-state index contributed by atoms with van der Waals surface area (Å²) in [6.07, 6.45) is -0.178. The highest BCUT2D eigenvalue weighted by Crippen LogP contribution is 2.30. The zero-order valence-electron chi connectivity index (χ0n) is 10.1. The number of anilines is 1. The van der Waals surface area contributed by atoms with Gasteiger partial charge in [-0.25, -0.2) is 4.39 Å². The molecular formula is C14H9Cl3FNO. The van der Waals surface area contributed by atoms with Gasteiger partial charge in [0.1, 0.15) is 5.82 Å². The number of carbonyl (C=O) groups excluding carboxylic acids is 1. The minimum atomic E-state index is -0.529. The summed E-state index contributed by atoms with van der Waals surface area (Å²) in [6, 6.07) is 7.05. The Bertz CT molecular complexity index is 645. The molecular weight excluding hydrogens is 324 g/mol. The number of nitrogen functional groups attached to an aromatic ring is 1. The van der Waals surface area contributed by atoms with Gasteiger partial charge in [-0.05, 0) is 24.3 Å². The molecule has 0 aliphatic heterocycles. The lowest BCUT2D eigenvalue weighted by molar-refractivity contribution is 0.0992. The molecule has 6 heteroatoms. The number of nitrogens with two attached hydrogens (primary N) is 1. The molecule has 0 aliphatic rings. The van der Waals surface area contributed by atoms with Gasteiger partial charge < -0.3 is 5.73 Å². The van der Waals surface area contributed by atoms with Crippen LogP contribution in [0, 0.1) is 5.82 Å². The lowest BCUT2D eigenvalue weighted by Gasteiger charge is -2.08. The van der Waals surface area contributed by atoms with E-state index in [0.29, 0.717) is 0 Å². The Kier molecular flexibility index (Phi) is 4.53. The summed E-state index contributed by atoms with van der Waals surface area (Å²) in [4.78, 5) is 12.2. The van der Waals surface area contributed by atoms with Gasteiger partial charge in [-0.2, -0.15) is 0 Å². The van der Waals surface area contributed by atoms with E-state index in [-0.39, 0.29) is 44.1 Å². The van der Waals surface area contributed by atoms with Crippen LogP contribution in [0.2, 0.25) is 15.1 Å². The molecule has 0 fully saturated rings. The SMILES string of the molecule is Nc1c(Cl)cc(C(=O)Cc2c(F)cccc2Cl)cc1Cl. The highest BCUT2D eigenvalue weighted by atomic mass is 35.5. The van der Waals surface area contributed by atoms with Crippen LogP contribution >= 0.6 is 34.8 Å². The largest absolute Gasteiger partial charge is 0.396 e. The fraction of sp³-hybridized carbons (Fsp3) is 0.0714. The van der Waals surface area contributed by atoms with E-state index in [1.165, 1.54) is 30.3 Å². The number of benzene rings is 2. The second-order valence-corrected chi connectivity index (χ2v) is 5.38. The van der Waals surface area contributed by atoms with Crippen molar-refractivity contribution in [2.24, 2.45) is 0 Å². The quantitative estimate of drug-likeness (QED) is 0.648. The maximum absolute atomic E-state index is 13.6. The monoisotopic (exact) mass is 331 g/mol. The molecule has 2 aromatic carbocycles. The van der Waals surface area contributed by atoms with Gasteiger partial charge in [-0.3, -0.25) is 4.79 Å². The van der Waals surface area contributed by atoms with Crippen molar-refractivity contribution in [3.63, 3.8) is 0 Å². The maximum atomic E-state index is 13.6. The molecule has 0 saturated carbocycles. The Morgan fingerprint density at radius 2 is 1.70 bits per heavy atom. The standard InChI is InChI=1S/C14H9Cl3FNO/c15-9-2-1-3-12(18)8(9)6-13(20)7-4-10(16)14(19)11(17)5-7/h1-5H,6,19H2. The normalized spacial score (nSPS) is 10.6. The van der Waals surface area contributed by atoms with Crippen LogP contribution in [0.4, 0.5) is 10.1 Å². The third-order valence-corrected chi connectivity index (χ3v) is 3.78. The Morgan fingerprint density at radius 1 is 1.10 bits per heavy atom. The molecule has 0 saturated heterocycles. The van der Waals surface area contributed by atoms with E-state index in [0.717, 1.165) is 0 Å². The van der Waals surface area contributed by atoms with Gasteiger partial charge in [-0.15, -0.1) is 0 Å². The predicted molar refractivity (Wildman–Crippen MR) is 80.3 cm³/mol. The Hall–Kier alpha value is -1.29. The van der Waals surface area contributed by atoms with Crippen LogP contribution in [0.25, 0.3) is 0 Å². The molecule has 20 heavy (non-hydrogen) atoms. The lowest BCUT2D eigenvalue weighted by atomic mass is 10.0. The van der Waals surface area contributed by atoms with E-state index in [4.69, 9.17) is 40.5 Å². The van der Waals surface area contributed by atoms with Crippen LogP contribution in [0.15, 0.2) is 30.3 Å². The Morgan fingerprint density at radius 3 is 2.25 bits per heavy atom. The van der Waals surface area contributed by atoms with Crippen LogP contribution in [0.3, 0.4) is 0 Å². The van der Waals surface area contributed by atoms with E-state index in [1.54, 1.807) is 0 Å². The first kappa shape index (κ1) is 15.1. The minimum Gasteiger partial charge on any atom is -0.396 e. The van der Waals surface area contributed by atoms with E-state index >= 15 is 0 Å². The van der Waals surface area contributed by atoms with E-state index in [2.05, 4.69) is 0 Å². The van der Waals surface area contributed by atoms with Gasteiger partial charge in [0.25, 0.3) is 0 Å². The van der Waals surface area contributed by atoms with Crippen LogP contribution in [0.5, 0.6) is 0 Å². The van der Waals surface area contributed by atoms with Crippen molar-refractivity contribution < 1.29 is 9.18 Å². The predicted octanol–water partition coefficient (Wildman–Crippen LogP) is 4.79. The average Bonchev–Trinajstić information content (AvgIpc) is 2.39. The van der Waals surface area contributed by atoms with Crippen molar-refractivity contribution in [2.45, 2.75) is 6.42 Å². The molecule has 0 amide bonds. The summed E-state index contributed by atoms with van der Waals surface area (Å²) in [5.41, 5.74) is 6.20. The van der Waals surface area contributed by atoms with Crippen molar-refractivity contribution in [3.05, 3.63) is 62.3 Å². The number of hydrogen-bond donors (Lipinski definition) is 1. The van der Waals surface area contributed by atoms with Crippen LogP contribution in [0.1, 0.15) is 15.9 Å². The third-order valence-electron chi connectivity index (χ3n) is 2.80. The molecule has 2 nitrogen and oxygen atoms in total. The molecule has 0 aliphatic carbocycles. The van der Waals surface area contributed by atoms with Gasteiger partial charge in [0.15, 0.2) is 5.78 Å². The molecule has 0 unspecified atom stereocenters. The number of Topliss-reactive ketones (excluding diaryl/α,β-unsaturated/α-hetero) is 1. The fourth-order valence-electron chi connectivity index (χ4n) is 1.71. The summed E-state index contributed by atoms with van der Waals surface area (Å²) in [5.74, 6) is -0.876. The van der Waals surface area contributed by atoms with Crippen molar-refractivity contribution in [2.75, 3.05) is 5.73 Å². The second kappa shape index (κ2) is 6.00. The van der Waals surface area contributed by atoms with Crippen molar-refractivity contribution in [1.29, 1.82) is 0 Å². The first-order valence-electron chi connectivity index (χ1n) is 5.60. The number of halogens is 4. The van der Waals surface area contributed by atoms with Crippen LogP contribution in [-0.4, -0.2) is 5.78 Å². The molecule has 2 aromatic rings. The van der Waals surface area contributed by atoms with Crippen molar-refractivity contribution >= 4 is 46.3 Å². The molecule has 0 radical (unpaired) electrons. The molecule has 2 N–H and O–H groups in total. The number of rotatable bonds is 3. The summed E-state index contributed by atoms with van der Waals surface area (Å²) < 4.78 is 13.6. The average molecular weight is 333 g/mol. The topological polar surface area (TPSA) is 43.1 Å². The Balaban J connectivity index is 2.34. The van der Waals surface area contributed by atoms with Gasteiger partial charge in [0.05, 0.1) is 15.7 Å². The van der Waals surface area contributed by atoms with E-state index in [1.807, 2.05) is 0 Å². The molecule has 104 valence electrons. The first-order chi connectivity index (χ1) is 9.40. The molecule has 0 bridgehead atoms.